The molecule has 5 heteroatoms. The molecule has 0 unspecified atom stereocenters. The number of nitrogens with zero attached hydrogens (tertiary/aromatic N) is 2. The van der Waals surface area contributed by atoms with Gasteiger partial charge in [-0.2, -0.15) is 10.5 Å². The van der Waals surface area contributed by atoms with Crippen LogP contribution in [0, 0.1) is 22.7 Å². The monoisotopic (exact) mass is 258 g/mol. The van der Waals surface area contributed by atoms with Gasteiger partial charge >= 0.3 is 5.97 Å². The molecular formula is C14H14N2O3. The topological polar surface area (TPSA) is 83.1 Å². The second kappa shape index (κ2) is 7.73. The number of hydrogen-bond donors (Lipinski definition) is 0. The first-order valence-corrected chi connectivity index (χ1v) is 5.85. The Bertz CT molecular complexity index is 526. The van der Waals surface area contributed by atoms with E-state index in [0.717, 1.165) is 6.42 Å². The highest BCUT2D eigenvalue weighted by molar-refractivity contribution is 5.68. The van der Waals surface area contributed by atoms with Gasteiger partial charge < -0.3 is 9.47 Å². The van der Waals surface area contributed by atoms with Crippen molar-refractivity contribution in [3.63, 3.8) is 0 Å². The van der Waals surface area contributed by atoms with Crippen LogP contribution in [0.15, 0.2) is 18.2 Å². The van der Waals surface area contributed by atoms with E-state index in [1.165, 1.54) is 7.11 Å². The highest BCUT2D eigenvalue weighted by atomic mass is 16.5. The minimum Gasteiger partial charge on any atom is -0.494 e. The average Bonchev–Trinajstić information content (AvgIpc) is 2.46. The Morgan fingerprint density at radius 2 is 1.95 bits per heavy atom. The molecule has 0 atom stereocenters. The Hall–Kier alpha value is -2.53. The number of ether oxygens (including phenoxy) is 2. The van der Waals surface area contributed by atoms with Crippen molar-refractivity contribution >= 4 is 5.97 Å². The zero-order valence-corrected chi connectivity index (χ0v) is 10.7. The van der Waals surface area contributed by atoms with Crippen molar-refractivity contribution < 1.29 is 14.3 Å². The quantitative estimate of drug-likeness (QED) is 0.576. The van der Waals surface area contributed by atoms with Gasteiger partial charge in [-0.15, -0.1) is 0 Å². The van der Waals surface area contributed by atoms with Gasteiger partial charge in [0.05, 0.1) is 24.8 Å². The van der Waals surface area contributed by atoms with E-state index in [4.69, 9.17) is 15.3 Å². The number of nitriles is 2. The molecule has 0 aliphatic rings. The molecular weight excluding hydrogens is 244 g/mol. The summed E-state index contributed by atoms with van der Waals surface area (Å²) in [5, 5.41) is 17.6. The molecule has 0 heterocycles. The second-order valence-electron chi connectivity index (χ2n) is 3.81. The van der Waals surface area contributed by atoms with Gasteiger partial charge in [0.2, 0.25) is 0 Å². The summed E-state index contributed by atoms with van der Waals surface area (Å²) in [6, 6.07) is 8.64. The van der Waals surface area contributed by atoms with Crippen LogP contribution in [0.1, 0.15) is 30.4 Å². The Morgan fingerprint density at radius 1 is 1.21 bits per heavy atom. The summed E-state index contributed by atoms with van der Waals surface area (Å²) in [7, 11) is 1.36. The summed E-state index contributed by atoms with van der Waals surface area (Å²) in [5.41, 5.74) is 0.634. The first-order valence-electron chi connectivity index (χ1n) is 5.85. The summed E-state index contributed by atoms with van der Waals surface area (Å²) in [5.74, 6) is 0.318. The number of carbonyl (C=O) groups excluding carboxylic acids is 1. The van der Waals surface area contributed by atoms with Gasteiger partial charge in [0, 0.05) is 6.42 Å². The van der Waals surface area contributed by atoms with Crippen LogP contribution in [0.4, 0.5) is 0 Å². The Kier molecular flexibility index (Phi) is 5.91. The molecule has 19 heavy (non-hydrogen) atoms. The SMILES string of the molecule is COC(=O)CCCCOc1ccc(C#N)c(C#N)c1. The van der Waals surface area contributed by atoms with Crippen LogP contribution in [0.5, 0.6) is 5.75 Å². The predicted molar refractivity (Wildman–Crippen MR) is 67.2 cm³/mol. The summed E-state index contributed by atoms with van der Waals surface area (Å²) in [6.07, 6.45) is 1.78. The molecule has 1 rings (SSSR count). The van der Waals surface area contributed by atoms with Gasteiger partial charge in [-0.1, -0.05) is 0 Å². The van der Waals surface area contributed by atoms with Gasteiger partial charge in [-0.05, 0) is 31.0 Å². The summed E-state index contributed by atoms with van der Waals surface area (Å²) >= 11 is 0. The first-order chi connectivity index (χ1) is 9.21. The number of benzene rings is 1. The predicted octanol–water partition coefficient (Wildman–Crippen LogP) is 2.15. The van der Waals surface area contributed by atoms with Gasteiger partial charge in [-0.3, -0.25) is 4.79 Å². The van der Waals surface area contributed by atoms with Gasteiger partial charge in [0.1, 0.15) is 17.9 Å². The van der Waals surface area contributed by atoms with E-state index in [1.807, 2.05) is 12.1 Å². The Morgan fingerprint density at radius 3 is 2.58 bits per heavy atom. The second-order valence-corrected chi connectivity index (χ2v) is 3.81. The first kappa shape index (κ1) is 14.5. The van der Waals surface area contributed by atoms with Crippen LogP contribution in [0.25, 0.3) is 0 Å². The largest absolute Gasteiger partial charge is 0.494 e. The highest BCUT2D eigenvalue weighted by Gasteiger charge is 2.04. The fourth-order valence-electron chi connectivity index (χ4n) is 1.47. The zero-order valence-electron chi connectivity index (χ0n) is 10.7. The lowest BCUT2D eigenvalue weighted by Gasteiger charge is -2.06. The van der Waals surface area contributed by atoms with E-state index in [0.29, 0.717) is 36.3 Å². The smallest absolute Gasteiger partial charge is 0.305 e. The number of carbonyl (C=O) groups is 1. The maximum atomic E-state index is 10.9. The zero-order chi connectivity index (χ0) is 14.1. The fourth-order valence-corrected chi connectivity index (χ4v) is 1.47. The van der Waals surface area contributed by atoms with Crippen molar-refractivity contribution in [1.29, 1.82) is 10.5 Å². The lowest BCUT2D eigenvalue weighted by atomic mass is 10.1. The van der Waals surface area contributed by atoms with E-state index in [-0.39, 0.29) is 5.97 Å². The summed E-state index contributed by atoms with van der Waals surface area (Å²) in [6.45, 7) is 0.452. The molecule has 0 saturated heterocycles. The van der Waals surface area contributed by atoms with Crippen molar-refractivity contribution in [3.05, 3.63) is 29.3 Å². The van der Waals surface area contributed by atoms with E-state index in [2.05, 4.69) is 4.74 Å². The van der Waals surface area contributed by atoms with Crippen LogP contribution in [-0.2, 0) is 9.53 Å². The standard InChI is InChI=1S/C14H14N2O3/c1-18-14(17)4-2-3-7-19-13-6-5-11(9-15)12(8-13)10-16/h5-6,8H,2-4,7H2,1H3. The maximum Gasteiger partial charge on any atom is 0.305 e. The Balaban J connectivity index is 2.41. The Labute approximate surface area is 112 Å². The number of methoxy groups -OCH3 is 1. The number of rotatable bonds is 6. The molecule has 0 fully saturated rings. The average molecular weight is 258 g/mol. The molecule has 0 bridgehead atoms. The molecule has 0 amide bonds. The van der Waals surface area contributed by atoms with Gasteiger partial charge in [-0.25, -0.2) is 0 Å². The molecule has 0 radical (unpaired) electrons. The molecule has 0 spiro atoms. The molecule has 1 aromatic rings. The third-order valence-corrected chi connectivity index (χ3v) is 2.50. The molecule has 0 N–H and O–H groups in total. The highest BCUT2D eigenvalue weighted by Crippen LogP contribution is 2.17. The summed E-state index contributed by atoms with van der Waals surface area (Å²) < 4.78 is 9.98. The van der Waals surface area contributed by atoms with E-state index in [9.17, 15) is 4.79 Å². The minimum absolute atomic E-state index is 0.231. The van der Waals surface area contributed by atoms with Crippen LogP contribution in [0.3, 0.4) is 0 Å². The van der Waals surface area contributed by atoms with E-state index < -0.39 is 0 Å². The van der Waals surface area contributed by atoms with Crippen LogP contribution < -0.4 is 4.74 Å². The van der Waals surface area contributed by atoms with Crippen molar-refractivity contribution in [2.24, 2.45) is 0 Å². The molecule has 0 aliphatic heterocycles. The molecule has 0 aliphatic carbocycles. The summed E-state index contributed by atoms with van der Waals surface area (Å²) in [4.78, 5) is 10.9. The molecule has 0 aromatic heterocycles. The van der Waals surface area contributed by atoms with Crippen molar-refractivity contribution in [2.75, 3.05) is 13.7 Å². The van der Waals surface area contributed by atoms with Crippen LogP contribution in [-0.4, -0.2) is 19.7 Å². The van der Waals surface area contributed by atoms with E-state index in [1.54, 1.807) is 18.2 Å². The van der Waals surface area contributed by atoms with Gasteiger partial charge in [0.15, 0.2) is 0 Å². The maximum absolute atomic E-state index is 10.9. The van der Waals surface area contributed by atoms with Crippen LogP contribution in [0.2, 0.25) is 0 Å². The molecule has 1 aromatic carbocycles. The van der Waals surface area contributed by atoms with Crippen molar-refractivity contribution in [3.8, 4) is 17.9 Å². The lowest BCUT2D eigenvalue weighted by Crippen LogP contribution is -2.02. The third kappa shape index (κ3) is 4.69. The van der Waals surface area contributed by atoms with E-state index >= 15 is 0 Å². The van der Waals surface area contributed by atoms with Crippen molar-refractivity contribution in [1.82, 2.24) is 0 Å². The number of esters is 1. The van der Waals surface area contributed by atoms with Crippen LogP contribution >= 0.6 is 0 Å². The van der Waals surface area contributed by atoms with Gasteiger partial charge in [0.25, 0.3) is 0 Å². The molecule has 98 valence electrons. The molecule has 0 saturated carbocycles. The third-order valence-electron chi connectivity index (χ3n) is 2.50. The fraction of sp³-hybridized carbons (Fsp3) is 0.357. The normalized spacial score (nSPS) is 9.21. The lowest BCUT2D eigenvalue weighted by molar-refractivity contribution is -0.140. The number of hydrogen-bond acceptors (Lipinski definition) is 5. The minimum atomic E-state index is -0.231. The molecule has 5 nitrogen and oxygen atoms in total. The van der Waals surface area contributed by atoms with Crippen molar-refractivity contribution in [2.45, 2.75) is 19.3 Å². The number of unbranched alkanes of at least 4 members (excludes halogenated alkanes) is 1.